The molecule has 2 rings (SSSR count). The first kappa shape index (κ1) is 11.5. The van der Waals surface area contributed by atoms with Crippen molar-refractivity contribution in [2.24, 2.45) is 5.10 Å². The van der Waals surface area contributed by atoms with E-state index in [1.54, 1.807) is 17.6 Å². The van der Waals surface area contributed by atoms with Crippen LogP contribution in [0.15, 0.2) is 46.9 Å². The van der Waals surface area contributed by atoms with E-state index in [1.165, 1.54) is 0 Å². The third kappa shape index (κ3) is 3.85. The lowest BCUT2D eigenvalue weighted by molar-refractivity contribution is 1.22. The maximum atomic E-state index is 4.24. The topological polar surface area (TPSA) is 37.3 Å². The van der Waals surface area contributed by atoms with E-state index < -0.39 is 0 Å². The number of hydrazone groups is 1. The molecule has 0 fully saturated rings. The van der Waals surface area contributed by atoms with Gasteiger partial charge in [-0.05, 0) is 18.6 Å². The van der Waals surface area contributed by atoms with Crippen molar-refractivity contribution in [1.82, 2.24) is 4.98 Å². The average Bonchev–Trinajstić information content (AvgIpc) is 2.76. The van der Waals surface area contributed by atoms with E-state index in [1.807, 2.05) is 54.8 Å². The molecule has 0 radical (unpaired) electrons. The van der Waals surface area contributed by atoms with Crippen LogP contribution in [0, 0.1) is 6.92 Å². The zero-order chi connectivity index (χ0) is 11.9. The second-order valence-electron chi connectivity index (χ2n) is 3.45. The predicted molar refractivity (Wildman–Crippen MR) is 74.4 cm³/mol. The number of allylic oxidation sites excluding steroid dienone is 1. The third-order valence-electron chi connectivity index (χ3n) is 2.03. The monoisotopic (exact) mass is 243 g/mol. The van der Waals surface area contributed by atoms with Crippen molar-refractivity contribution in [2.75, 3.05) is 5.43 Å². The summed E-state index contributed by atoms with van der Waals surface area (Å²) in [6.07, 6.45) is 5.60. The van der Waals surface area contributed by atoms with Crippen molar-refractivity contribution in [3.8, 4) is 0 Å². The molecule has 0 saturated carbocycles. The molecule has 0 spiro atoms. The zero-order valence-corrected chi connectivity index (χ0v) is 10.3. The second kappa shape index (κ2) is 5.96. The Morgan fingerprint density at radius 3 is 2.82 bits per heavy atom. The van der Waals surface area contributed by atoms with E-state index in [0.717, 1.165) is 16.4 Å². The van der Waals surface area contributed by atoms with Gasteiger partial charge in [-0.2, -0.15) is 5.10 Å². The Hall–Kier alpha value is -1.94. The van der Waals surface area contributed by atoms with Gasteiger partial charge in [-0.25, -0.2) is 4.98 Å². The van der Waals surface area contributed by atoms with Crippen LogP contribution in [-0.4, -0.2) is 11.2 Å². The van der Waals surface area contributed by atoms with Crippen molar-refractivity contribution in [3.63, 3.8) is 0 Å². The average molecular weight is 243 g/mol. The van der Waals surface area contributed by atoms with Crippen LogP contribution in [0.4, 0.5) is 5.13 Å². The number of nitrogens with one attached hydrogen (secondary N) is 1. The fourth-order valence-corrected chi connectivity index (χ4v) is 1.90. The Kier molecular flexibility index (Phi) is 4.05. The normalized spacial score (nSPS) is 11.4. The molecule has 3 nitrogen and oxygen atoms in total. The quantitative estimate of drug-likeness (QED) is 0.658. The van der Waals surface area contributed by atoms with E-state index in [-0.39, 0.29) is 0 Å². The van der Waals surface area contributed by atoms with Crippen LogP contribution >= 0.6 is 11.3 Å². The standard InChI is InChI=1S/C13H13N3S/c1-11-10-17-13(15-11)16-14-9-5-8-12-6-3-2-4-7-12/h2-10H,1H3,(H,15,16). The van der Waals surface area contributed by atoms with Crippen molar-refractivity contribution >= 4 is 28.8 Å². The lowest BCUT2D eigenvalue weighted by Crippen LogP contribution is -1.86. The van der Waals surface area contributed by atoms with Gasteiger partial charge in [-0.15, -0.1) is 11.3 Å². The first-order valence-corrected chi connectivity index (χ1v) is 6.15. The van der Waals surface area contributed by atoms with Crippen molar-refractivity contribution in [3.05, 3.63) is 53.0 Å². The minimum Gasteiger partial charge on any atom is -0.253 e. The Bertz CT molecular complexity index is 514. The van der Waals surface area contributed by atoms with E-state index in [9.17, 15) is 0 Å². The number of nitrogens with zero attached hydrogens (tertiary/aromatic N) is 2. The number of aromatic nitrogens is 1. The maximum absolute atomic E-state index is 4.24. The molecule has 1 N–H and O–H groups in total. The molecule has 1 aromatic carbocycles. The summed E-state index contributed by atoms with van der Waals surface area (Å²) in [6, 6.07) is 10.1. The predicted octanol–water partition coefficient (Wildman–Crippen LogP) is 3.56. The van der Waals surface area contributed by atoms with Crippen LogP contribution < -0.4 is 5.43 Å². The van der Waals surface area contributed by atoms with Gasteiger partial charge in [0.1, 0.15) is 0 Å². The second-order valence-corrected chi connectivity index (χ2v) is 4.31. The molecular weight excluding hydrogens is 230 g/mol. The lowest BCUT2D eigenvalue weighted by atomic mass is 10.2. The van der Waals surface area contributed by atoms with Gasteiger partial charge in [-0.3, -0.25) is 5.43 Å². The van der Waals surface area contributed by atoms with Gasteiger partial charge in [0.2, 0.25) is 5.13 Å². The maximum Gasteiger partial charge on any atom is 0.203 e. The van der Waals surface area contributed by atoms with Crippen LogP contribution in [0.2, 0.25) is 0 Å². The van der Waals surface area contributed by atoms with E-state index >= 15 is 0 Å². The fourth-order valence-electron chi connectivity index (χ4n) is 1.26. The zero-order valence-electron chi connectivity index (χ0n) is 9.50. The summed E-state index contributed by atoms with van der Waals surface area (Å²) < 4.78 is 0. The molecule has 0 saturated heterocycles. The minimum atomic E-state index is 0.812. The lowest BCUT2D eigenvalue weighted by Gasteiger charge is -1.90. The molecule has 0 aliphatic carbocycles. The van der Waals surface area contributed by atoms with Crippen LogP contribution in [0.25, 0.3) is 6.08 Å². The molecule has 0 amide bonds. The molecule has 0 unspecified atom stereocenters. The number of anilines is 1. The van der Waals surface area contributed by atoms with E-state index in [2.05, 4.69) is 15.5 Å². The van der Waals surface area contributed by atoms with Gasteiger partial charge in [0.05, 0.1) is 5.69 Å². The summed E-state index contributed by atoms with van der Waals surface area (Å²) in [5.41, 5.74) is 5.04. The molecule has 0 aliphatic heterocycles. The highest BCUT2D eigenvalue weighted by molar-refractivity contribution is 7.13. The summed E-state index contributed by atoms with van der Waals surface area (Å²) in [6.45, 7) is 1.96. The smallest absolute Gasteiger partial charge is 0.203 e. The summed E-state index contributed by atoms with van der Waals surface area (Å²) in [7, 11) is 0. The van der Waals surface area contributed by atoms with Crippen LogP contribution in [0.1, 0.15) is 11.3 Å². The molecule has 1 aromatic heterocycles. The Balaban J connectivity index is 1.84. The molecule has 17 heavy (non-hydrogen) atoms. The summed E-state index contributed by atoms with van der Waals surface area (Å²) in [4.78, 5) is 4.24. The van der Waals surface area contributed by atoms with Gasteiger partial charge in [0.15, 0.2) is 0 Å². The van der Waals surface area contributed by atoms with Gasteiger partial charge < -0.3 is 0 Å². The minimum absolute atomic E-state index is 0.812. The molecule has 0 bridgehead atoms. The van der Waals surface area contributed by atoms with Crippen molar-refractivity contribution in [2.45, 2.75) is 6.92 Å². The first-order valence-electron chi connectivity index (χ1n) is 5.27. The van der Waals surface area contributed by atoms with Crippen LogP contribution in [0.3, 0.4) is 0 Å². The van der Waals surface area contributed by atoms with E-state index in [0.29, 0.717) is 0 Å². The Morgan fingerprint density at radius 2 is 2.12 bits per heavy atom. The molecule has 0 aliphatic rings. The highest BCUT2D eigenvalue weighted by Gasteiger charge is 1.93. The van der Waals surface area contributed by atoms with Gasteiger partial charge in [0, 0.05) is 11.6 Å². The highest BCUT2D eigenvalue weighted by atomic mass is 32.1. The molecule has 1 heterocycles. The summed E-state index contributed by atoms with van der Waals surface area (Å²) in [5, 5.41) is 6.85. The van der Waals surface area contributed by atoms with Crippen LogP contribution in [-0.2, 0) is 0 Å². The number of aryl methyl sites for hydroxylation is 1. The van der Waals surface area contributed by atoms with E-state index in [4.69, 9.17) is 0 Å². The fraction of sp³-hybridized carbons (Fsp3) is 0.0769. The Labute approximate surface area is 105 Å². The first-order chi connectivity index (χ1) is 8.34. The summed E-state index contributed by atoms with van der Waals surface area (Å²) >= 11 is 1.54. The number of hydrogen-bond donors (Lipinski definition) is 1. The Morgan fingerprint density at radius 1 is 1.29 bits per heavy atom. The van der Waals surface area contributed by atoms with Crippen LogP contribution in [0.5, 0.6) is 0 Å². The number of hydrogen-bond acceptors (Lipinski definition) is 4. The molecule has 2 aromatic rings. The SMILES string of the molecule is Cc1csc(NN=CC=Cc2ccccc2)n1. The number of benzene rings is 1. The highest BCUT2D eigenvalue weighted by Crippen LogP contribution is 2.13. The molecule has 86 valence electrons. The largest absolute Gasteiger partial charge is 0.253 e. The number of rotatable bonds is 4. The number of thiazole rings is 1. The third-order valence-corrected chi connectivity index (χ3v) is 2.89. The van der Waals surface area contributed by atoms with Gasteiger partial charge in [-0.1, -0.05) is 36.4 Å². The molecule has 4 heteroatoms. The van der Waals surface area contributed by atoms with Gasteiger partial charge in [0.25, 0.3) is 0 Å². The summed E-state index contributed by atoms with van der Waals surface area (Å²) in [5.74, 6) is 0. The molecular formula is C13H13N3S. The van der Waals surface area contributed by atoms with Gasteiger partial charge >= 0.3 is 0 Å². The molecule has 0 atom stereocenters. The van der Waals surface area contributed by atoms with Crippen molar-refractivity contribution in [1.29, 1.82) is 0 Å². The van der Waals surface area contributed by atoms with Crippen molar-refractivity contribution < 1.29 is 0 Å².